The average molecular weight is 174 g/mol. The smallest absolute Gasteiger partial charge is 0.252 e. The van der Waals surface area contributed by atoms with Gasteiger partial charge in [0.05, 0.1) is 11.1 Å². The molecule has 0 atom stereocenters. The van der Waals surface area contributed by atoms with E-state index in [4.69, 9.17) is 5.26 Å². The Morgan fingerprint density at radius 1 is 1.54 bits per heavy atom. The first-order chi connectivity index (χ1) is 6.20. The third-order valence-electron chi connectivity index (χ3n) is 1.86. The Hall–Kier alpha value is -1.82. The van der Waals surface area contributed by atoms with E-state index in [2.05, 4.69) is 5.32 Å². The van der Waals surface area contributed by atoms with E-state index in [9.17, 15) is 4.79 Å². The Bertz CT molecular complexity index is 377. The van der Waals surface area contributed by atoms with Gasteiger partial charge in [-0.3, -0.25) is 4.79 Å². The second kappa shape index (κ2) is 3.72. The number of rotatable bonds is 1. The molecule has 0 bridgehead atoms. The number of nitrogens with one attached hydrogen (secondary N) is 1. The van der Waals surface area contributed by atoms with Crippen LogP contribution in [0.1, 0.15) is 21.5 Å². The zero-order valence-electron chi connectivity index (χ0n) is 7.59. The molecule has 66 valence electrons. The molecular formula is C10H10N2O. The van der Waals surface area contributed by atoms with Gasteiger partial charge in [-0.15, -0.1) is 0 Å². The molecule has 0 aliphatic carbocycles. The molecule has 1 amide bonds. The summed E-state index contributed by atoms with van der Waals surface area (Å²) >= 11 is 0. The molecule has 13 heavy (non-hydrogen) atoms. The Labute approximate surface area is 77.0 Å². The Morgan fingerprint density at radius 3 is 2.77 bits per heavy atom. The fraction of sp³-hybridized carbons (Fsp3) is 0.200. The fourth-order valence-corrected chi connectivity index (χ4v) is 1.14. The molecule has 1 N–H and O–H groups in total. The highest BCUT2D eigenvalue weighted by Crippen LogP contribution is 2.12. The van der Waals surface area contributed by atoms with Gasteiger partial charge in [-0.2, -0.15) is 5.26 Å². The summed E-state index contributed by atoms with van der Waals surface area (Å²) in [6, 6.07) is 7.24. The number of nitrogens with zero attached hydrogens (tertiary/aromatic N) is 1. The van der Waals surface area contributed by atoms with E-state index >= 15 is 0 Å². The van der Waals surface area contributed by atoms with Crippen LogP contribution in [0.3, 0.4) is 0 Å². The van der Waals surface area contributed by atoms with Gasteiger partial charge in [-0.05, 0) is 18.6 Å². The topological polar surface area (TPSA) is 52.9 Å². The van der Waals surface area contributed by atoms with Crippen LogP contribution in [0.4, 0.5) is 0 Å². The first-order valence-corrected chi connectivity index (χ1v) is 3.92. The van der Waals surface area contributed by atoms with Gasteiger partial charge in [-0.1, -0.05) is 12.1 Å². The van der Waals surface area contributed by atoms with Crippen LogP contribution in [0.15, 0.2) is 18.2 Å². The van der Waals surface area contributed by atoms with Crippen LogP contribution in [-0.2, 0) is 0 Å². The number of hydrogen-bond acceptors (Lipinski definition) is 2. The lowest BCUT2D eigenvalue weighted by Gasteiger charge is -2.03. The molecule has 0 saturated carbocycles. The van der Waals surface area contributed by atoms with Crippen LogP contribution in [0.2, 0.25) is 0 Å². The van der Waals surface area contributed by atoms with Crippen LogP contribution < -0.4 is 5.32 Å². The van der Waals surface area contributed by atoms with Gasteiger partial charge in [0.15, 0.2) is 0 Å². The quantitative estimate of drug-likeness (QED) is 0.696. The molecule has 3 heteroatoms. The van der Waals surface area contributed by atoms with Crippen molar-refractivity contribution in [1.82, 2.24) is 5.32 Å². The molecule has 0 aliphatic rings. The number of carbonyl (C=O) groups is 1. The number of nitriles is 1. The SMILES string of the molecule is CNC(=O)c1cccc(C)c1C#N. The highest BCUT2D eigenvalue weighted by atomic mass is 16.1. The molecular weight excluding hydrogens is 164 g/mol. The lowest BCUT2D eigenvalue weighted by Crippen LogP contribution is -2.19. The van der Waals surface area contributed by atoms with E-state index in [-0.39, 0.29) is 5.91 Å². The normalized spacial score (nSPS) is 9.00. The van der Waals surface area contributed by atoms with Crippen molar-refractivity contribution in [2.75, 3.05) is 7.05 Å². The molecule has 1 aromatic carbocycles. The first kappa shape index (κ1) is 9.27. The van der Waals surface area contributed by atoms with E-state index in [1.54, 1.807) is 19.2 Å². The van der Waals surface area contributed by atoms with E-state index in [0.717, 1.165) is 5.56 Å². The van der Waals surface area contributed by atoms with Crippen LogP contribution in [0, 0.1) is 18.3 Å². The van der Waals surface area contributed by atoms with Crippen molar-refractivity contribution in [3.63, 3.8) is 0 Å². The number of benzene rings is 1. The van der Waals surface area contributed by atoms with Crippen molar-refractivity contribution in [3.8, 4) is 6.07 Å². The lowest BCUT2D eigenvalue weighted by molar-refractivity contribution is 0.0963. The van der Waals surface area contributed by atoms with Crippen LogP contribution in [0.5, 0.6) is 0 Å². The fourth-order valence-electron chi connectivity index (χ4n) is 1.14. The summed E-state index contributed by atoms with van der Waals surface area (Å²) in [6.45, 7) is 1.81. The highest BCUT2D eigenvalue weighted by molar-refractivity contribution is 5.96. The van der Waals surface area contributed by atoms with Crippen LogP contribution in [-0.4, -0.2) is 13.0 Å². The number of carbonyl (C=O) groups excluding carboxylic acids is 1. The molecule has 0 spiro atoms. The zero-order valence-corrected chi connectivity index (χ0v) is 7.59. The third kappa shape index (κ3) is 1.67. The first-order valence-electron chi connectivity index (χ1n) is 3.92. The maximum absolute atomic E-state index is 11.3. The Balaban J connectivity index is 3.30. The third-order valence-corrected chi connectivity index (χ3v) is 1.86. The van der Waals surface area contributed by atoms with Gasteiger partial charge >= 0.3 is 0 Å². The Morgan fingerprint density at radius 2 is 2.23 bits per heavy atom. The molecule has 3 nitrogen and oxygen atoms in total. The maximum Gasteiger partial charge on any atom is 0.252 e. The molecule has 0 aromatic heterocycles. The molecule has 0 saturated heterocycles. The summed E-state index contributed by atoms with van der Waals surface area (Å²) < 4.78 is 0. The summed E-state index contributed by atoms with van der Waals surface area (Å²) in [4.78, 5) is 11.3. The molecule has 0 aliphatic heterocycles. The minimum atomic E-state index is -0.222. The standard InChI is InChI=1S/C10H10N2O/c1-7-4-3-5-8(9(7)6-11)10(13)12-2/h3-5H,1-2H3,(H,12,13). The summed E-state index contributed by atoms with van der Waals surface area (Å²) in [6.07, 6.45) is 0. The average Bonchev–Trinajstić information content (AvgIpc) is 2.16. The summed E-state index contributed by atoms with van der Waals surface area (Å²) in [5, 5.41) is 11.3. The molecule has 0 radical (unpaired) electrons. The number of aryl methyl sites for hydroxylation is 1. The largest absolute Gasteiger partial charge is 0.355 e. The van der Waals surface area contributed by atoms with Crippen molar-refractivity contribution < 1.29 is 4.79 Å². The predicted molar refractivity (Wildman–Crippen MR) is 49.3 cm³/mol. The van der Waals surface area contributed by atoms with Crippen LogP contribution >= 0.6 is 0 Å². The van der Waals surface area contributed by atoms with Gasteiger partial charge in [0.1, 0.15) is 6.07 Å². The van der Waals surface area contributed by atoms with Crippen molar-refractivity contribution in [2.45, 2.75) is 6.92 Å². The molecule has 0 heterocycles. The van der Waals surface area contributed by atoms with Gasteiger partial charge in [-0.25, -0.2) is 0 Å². The summed E-state index contributed by atoms with van der Waals surface area (Å²) in [5.74, 6) is -0.222. The van der Waals surface area contributed by atoms with Crippen molar-refractivity contribution in [2.24, 2.45) is 0 Å². The number of amides is 1. The molecule has 0 fully saturated rings. The highest BCUT2D eigenvalue weighted by Gasteiger charge is 2.10. The van der Waals surface area contributed by atoms with Gasteiger partial charge in [0.2, 0.25) is 0 Å². The van der Waals surface area contributed by atoms with E-state index in [0.29, 0.717) is 11.1 Å². The summed E-state index contributed by atoms with van der Waals surface area (Å²) in [7, 11) is 1.55. The van der Waals surface area contributed by atoms with Gasteiger partial charge in [0.25, 0.3) is 5.91 Å². The van der Waals surface area contributed by atoms with Crippen LogP contribution in [0.25, 0.3) is 0 Å². The van der Waals surface area contributed by atoms with E-state index in [1.165, 1.54) is 0 Å². The number of hydrogen-bond donors (Lipinski definition) is 1. The van der Waals surface area contributed by atoms with E-state index in [1.807, 2.05) is 19.1 Å². The molecule has 1 aromatic rings. The van der Waals surface area contributed by atoms with Crippen molar-refractivity contribution >= 4 is 5.91 Å². The molecule has 1 rings (SSSR count). The lowest BCUT2D eigenvalue weighted by atomic mass is 10.0. The van der Waals surface area contributed by atoms with Gasteiger partial charge in [0, 0.05) is 7.05 Å². The minimum Gasteiger partial charge on any atom is -0.355 e. The van der Waals surface area contributed by atoms with Crippen molar-refractivity contribution in [1.29, 1.82) is 5.26 Å². The Kier molecular flexibility index (Phi) is 2.65. The second-order valence-electron chi connectivity index (χ2n) is 2.69. The molecule has 0 unspecified atom stereocenters. The van der Waals surface area contributed by atoms with Crippen molar-refractivity contribution in [3.05, 3.63) is 34.9 Å². The second-order valence-corrected chi connectivity index (χ2v) is 2.69. The maximum atomic E-state index is 11.3. The minimum absolute atomic E-state index is 0.222. The summed E-state index contributed by atoms with van der Waals surface area (Å²) in [5.41, 5.74) is 1.70. The van der Waals surface area contributed by atoms with E-state index < -0.39 is 0 Å². The predicted octanol–water partition coefficient (Wildman–Crippen LogP) is 1.23. The zero-order chi connectivity index (χ0) is 9.84. The monoisotopic (exact) mass is 174 g/mol. The van der Waals surface area contributed by atoms with Gasteiger partial charge < -0.3 is 5.32 Å².